The van der Waals surface area contributed by atoms with Gasteiger partial charge in [-0.05, 0) is 19.3 Å². The van der Waals surface area contributed by atoms with Gasteiger partial charge in [0.1, 0.15) is 0 Å². The van der Waals surface area contributed by atoms with Gasteiger partial charge in [-0.15, -0.1) is 0 Å². The van der Waals surface area contributed by atoms with Crippen molar-refractivity contribution in [1.82, 2.24) is 9.91 Å². The lowest BCUT2D eigenvalue weighted by Crippen LogP contribution is -2.37. The third-order valence-electron chi connectivity index (χ3n) is 2.15. The Labute approximate surface area is 79.7 Å². The van der Waals surface area contributed by atoms with Crippen LogP contribution in [0.2, 0.25) is 0 Å². The molecular formula is C9H18N4. The predicted molar refractivity (Wildman–Crippen MR) is 55.1 cm³/mol. The number of rotatable bonds is 2. The third-order valence-corrected chi connectivity index (χ3v) is 2.15. The molecule has 74 valence electrons. The first-order chi connectivity index (χ1) is 6.25. The summed E-state index contributed by atoms with van der Waals surface area (Å²) in [4.78, 5) is 2.06. The smallest absolute Gasteiger partial charge is 0.214 e. The highest BCUT2D eigenvalue weighted by atomic mass is 15.5. The van der Waals surface area contributed by atoms with E-state index in [9.17, 15) is 0 Å². The Kier molecular flexibility index (Phi) is 3.73. The van der Waals surface area contributed by atoms with E-state index in [1.807, 2.05) is 20.2 Å². The highest BCUT2D eigenvalue weighted by Gasteiger charge is 2.17. The monoisotopic (exact) mass is 182 g/mol. The molecule has 0 aromatic carbocycles. The SMILES string of the molecule is CC/C=N/N(C)C(=N)N1CCCC1. The van der Waals surface area contributed by atoms with Gasteiger partial charge in [0.15, 0.2) is 0 Å². The molecule has 1 aliphatic rings. The van der Waals surface area contributed by atoms with Crippen molar-refractivity contribution in [2.75, 3.05) is 20.1 Å². The summed E-state index contributed by atoms with van der Waals surface area (Å²) in [7, 11) is 1.83. The number of nitrogens with zero attached hydrogens (tertiary/aromatic N) is 3. The number of likely N-dealkylation sites (tertiary alicyclic amines) is 1. The van der Waals surface area contributed by atoms with Crippen LogP contribution in [0.4, 0.5) is 0 Å². The fraction of sp³-hybridized carbons (Fsp3) is 0.778. The van der Waals surface area contributed by atoms with Crippen LogP contribution < -0.4 is 0 Å². The summed E-state index contributed by atoms with van der Waals surface area (Å²) in [6, 6.07) is 0. The maximum Gasteiger partial charge on any atom is 0.214 e. The first kappa shape index (κ1) is 10.0. The Morgan fingerprint density at radius 1 is 1.54 bits per heavy atom. The van der Waals surface area contributed by atoms with Crippen LogP contribution in [0, 0.1) is 5.41 Å². The molecule has 0 amide bonds. The summed E-state index contributed by atoms with van der Waals surface area (Å²) >= 11 is 0. The number of guanidine groups is 1. The molecule has 0 aromatic rings. The van der Waals surface area contributed by atoms with Crippen molar-refractivity contribution in [2.24, 2.45) is 5.10 Å². The largest absolute Gasteiger partial charge is 0.342 e. The standard InChI is InChI=1S/C9H18N4/c1-3-6-11-12(2)9(10)13-7-4-5-8-13/h6,10H,3-5,7-8H2,1-2H3/b10-9?,11-6+. The van der Waals surface area contributed by atoms with E-state index in [-0.39, 0.29) is 0 Å². The Morgan fingerprint density at radius 2 is 2.15 bits per heavy atom. The minimum Gasteiger partial charge on any atom is -0.342 e. The number of hydrogen-bond donors (Lipinski definition) is 1. The maximum atomic E-state index is 7.81. The van der Waals surface area contributed by atoms with Crippen molar-refractivity contribution in [3.63, 3.8) is 0 Å². The molecular weight excluding hydrogens is 164 g/mol. The Hall–Kier alpha value is -1.06. The summed E-state index contributed by atoms with van der Waals surface area (Å²) in [5.41, 5.74) is 0. The number of nitrogens with one attached hydrogen (secondary N) is 1. The van der Waals surface area contributed by atoms with Gasteiger partial charge in [-0.1, -0.05) is 6.92 Å². The van der Waals surface area contributed by atoms with Crippen LogP contribution in [-0.2, 0) is 0 Å². The molecule has 1 fully saturated rings. The zero-order valence-corrected chi connectivity index (χ0v) is 8.45. The average molecular weight is 182 g/mol. The molecule has 1 saturated heterocycles. The Bertz CT molecular complexity index is 194. The summed E-state index contributed by atoms with van der Waals surface area (Å²) < 4.78 is 0. The molecule has 0 unspecified atom stereocenters. The van der Waals surface area contributed by atoms with Gasteiger partial charge in [0.2, 0.25) is 5.96 Å². The molecule has 0 aromatic heterocycles. The predicted octanol–water partition coefficient (Wildman–Crippen LogP) is 1.34. The average Bonchev–Trinajstić information content (AvgIpc) is 2.65. The van der Waals surface area contributed by atoms with Gasteiger partial charge in [0.05, 0.1) is 0 Å². The van der Waals surface area contributed by atoms with Crippen LogP contribution >= 0.6 is 0 Å². The normalized spacial score (nSPS) is 16.9. The highest BCUT2D eigenvalue weighted by Crippen LogP contribution is 2.08. The summed E-state index contributed by atoms with van der Waals surface area (Å²) in [5, 5.41) is 13.6. The van der Waals surface area contributed by atoms with Crippen molar-refractivity contribution < 1.29 is 0 Å². The van der Waals surface area contributed by atoms with Crippen LogP contribution in [0.25, 0.3) is 0 Å². The van der Waals surface area contributed by atoms with Crippen LogP contribution in [0.1, 0.15) is 26.2 Å². The van der Waals surface area contributed by atoms with Crippen LogP contribution in [0.15, 0.2) is 5.10 Å². The van der Waals surface area contributed by atoms with E-state index in [1.165, 1.54) is 12.8 Å². The molecule has 0 saturated carbocycles. The van der Waals surface area contributed by atoms with Gasteiger partial charge in [-0.2, -0.15) is 5.10 Å². The third kappa shape index (κ3) is 2.72. The minimum absolute atomic E-state index is 0.516. The van der Waals surface area contributed by atoms with Gasteiger partial charge in [-0.25, -0.2) is 5.01 Å². The molecule has 1 heterocycles. The van der Waals surface area contributed by atoms with Crippen molar-refractivity contribution in [2.45, 2.75) is 26.2 Å². The van der Waals surface area contributed by atoms with E-state index in [0.717, 1.165) is 19.5 Å². The second-order valence-corrected chi connectivity index (χ2v) is 3.25. The molecule has 1 N–H and O–H groups in total. The topological polar surface area (TPSA) is 42.7 Å². The van der Waals surface area contributed by atoms with E-state index < -0.39 is 0 Å². The number of hydrogen-bond acceptors (Lipinski definition) is 2. The summed E-state index contributed by atoms with van der Waals surface area (Å²) in [6.07, 6.45) is 5.14. The van der Waals surface area contributed by atoms with Crippen LogP contribution in [0.3, 0.4) is 0 Å². The van der Waals surface area contributed by atoms with Gasteiger partial charge in [0.25, 0.3) is 0 Å². The number of hydrazone groups is 1. The van der Waals surface area contributed by atoms with Crippen molar-refractivity contribution in [3.05, 3.63) is 0 Å². The molecule has 0 radical (unpaired) electrons. The Morgan fingerprint density at radius 3 is 2.69 bits per heavy atom. The lowest BCUT2D eigenvalue weighted by atomic mass is 10.4. The zero-order chi connectivity index (χ0) is 9.68. The lowest BCUT2D eigenvalue weighted by molar-refractivity contribution is 0.400. The van der Waals surface area contributed by atoms with Crippen LogP contribution in [-0.4, -0.2) is 42.2 Å². The van der Waals surface area contributed by atoms with Crippen LogP contribution in [0.5, 0.6) is 0 Å². The van der Waals surface area contributed by atoms with Crippen molar-refractivity contribution in [1.29, 1.82) is 5.41 Å². The fourth-order valence-corrected chi connectivity index (χ4v) is 1.39. The van der Waals surface area contributed by atoms with Gasteiger partial charge in [0, 0.05) is 26.4 Å². The lowest BCUT2D eigenvalue weighted by Gasteiger charge is -2.23. The Balaban J connectivity index is 2.41. The molecule has 0 bridgehead atoms. The quantitative estimate of drug-likeness (QED) is 0.398. The summed E-state index contributed by atoms with van der Waals surface area (Å²) in [5.74, 6) is 0.516. The first-order valence-corrected chi connectivity index (χ1v) is 4.85. The van der Waals surface area contributed by atoms with E-state index >= 15 is 0 Å². The molecule has 4 nitrogen and oxygen atoms in total. The zero-order valence-electron chi connectivity index (χ0n) is 8.45. The maximum absolute atomic E-state index is 7.81. The molecule has 13 heavy (non-hydrogen) atoms. The van der Waals surface area contributed by atoms with E-state index in [4.69, 9.17) is 5.41 Å². The molecule has 0 spiro atoms. The highest BCUT2D eigenvalue weighted by molar-refractivity contribution is 5.77. The second-order valence-electron chi connectivity index (χ2n) is 3.25. The fourth-order valence-electron chi connectivity index (χ4n) is 1.39. The minimum atomic E-state index is 0.516. The molecule has 1 rings (SSSR count). The van der Waals surface area contributed by atoms with E-state index in [2.05, 4.69) is 10.0 Å². The summed E-state index contributed by atoms with van der Waals surface area (Å²) in [6.45, 7) is 4.05. The van der Waals surface area contributed by atoms with Gasteiger partial charge < -0.3 is 4.90 Å². The van der Waals surface area contributed by atoms with E-state index in [0.29, 0.717) is 5.96 Å². The molecule has 0 atom stereocenters. The molecule has 4 heteroatoms. The molecule has 1 aliphatic heterocycles. The van der Waals surface area contributed by atoms with Crippen molar-refractivity contribution in [3.8, 4) is 0 Å². The van der Waals surface area contributed by atoms with E-state index in [1.54, 1.807) is 5.01 Å². The van der Waals surface area contributed by atoms with Gasteiger partial charge in [-0.3, -0.25) is 5.41 Å². The van der Waals surface area contributed by atoms with Gasteiger partial charge >= 0.3 is 0 Å². The molecule has 0 aliphatic carbocycles. The second kappa shape index (κ2) is 4.84. The van der Waals surface area contributed by atoms with Crippen molar-refractivity contribution >= 4 is 12.2 Å². The first-order valence-electron chi connectivity index (χ1n) is 4.85.